The summed E-state index contributed by atoms with van der Waals surface area (Å²) >= 11 is 0. The molecule has 0 aromatic heterocycles. The molecule has 0 saturated heterocycles. The topological polar surface area (TPSA) is 68.8 Å². The van der Waals surface area contributed by atoms with Gasteiger partial charge in [0.2, 0.25) is 0 Å². The monoisotopic (exact) mass is 344 g/mol. The minimum absolute atomic E-state index is 0.0170. The molecule has 130 valence electrons. The van der Waals surface area contributed by atoms with Gasteiger partial charge in [-0.1, -0.05) is 18.7 Å². The lowest BCUT2D eigenvalue weighted by Gasteiger charge is -2.19. The molecule has 3 rings (SSSR count). The number of ether oxygens (including phenoxy) is 3. The van der Waals surface area contributed by atoms with Crippen molar-refractivity contribution in [1.29, 1.82) is 0 Å². The molecule has 2 aromatic rings. The normalized spacial score (nSPS) is 12.2. The Morgan fingerprint density at radius 1 is 1.12 bits per heavy atom. The van der Waals surface area contributed by atoms with Crippen LogP contribution in [0.4, 0.5) is 4.39 Å². The fourth-order valence-corrected chi connectivity index (χ4v) is 2.19. The van der Waals surface area contributed by atoms with Crippen molar-refractivity contribution in [3.05, 3.63) is 60.4 Å². The Morgan fingerprint density at radius 3 is 2.68 bits per heavy atom. The van der Waals surface area contributed by atoms with E-state index >= 15 is 0 Å². The largest absolute Gasteiger partial charge is 0.486 e. The van der Waals surface area contributed by atoms with Crippen LogP contribution in [0.15, 0.2) is 49.0 Å². The highest BCUT2D eigenvalue weighted by Gasteiger charge is 2.13. The zero-order valence-corrected chi connectivity index (χ0v) is 13.4. The lowest BCUT2D eigenvalue weighted by atomic mass is 10.1. The fourth-order valence-electron chi connectivity index (χ4n) is 2.19. The second-order valence-electron chi connectivity index (χ2n) is 5.23. The third-order valence-corrected chi connectivity index (χ3v) is 3.44. The van der Waals surface area contributed by atoms with Crippen molar-refractivity contribution in [2.24, 2.45) is 0 Å². The van der Waals surface area contributed by atoms with Gasteiger partial charge in [0, 0.05) is 5.56 Å². The molecule has 2 aromatic carbocycles. The second kappa shape index (κ2) is 7.57. The van der Waals surface area contributed by atoms with Gasteiger partial charge in [-0.15, -0.1) is 0 Å². The number of para-hydroxylation sites is 1. The van der Waals surface area contributed by atoms with Crippen molar-refractivity contribution in [2.45, 2.75) is 0 Å². The Hall–Kier alpha value is -3.22. The van der Waals surface area contributed by atoms with Gasteiger partial charge in [0.15, 0.2) is 29.7 Å². The molecule has 1 heterocycles. The van der Waals surface area contributed by atoms with E-state index in [4.69, 9.17) is 14.2 Å². The molecular weight excluding hydrogens is 327 g/mol. The number of hydrogen-bond acceptors (Lipinski definition) is 5. The fraction of sp³-hybridized carbons (Fsp3) is 0.167. The maximum Gasteiger partial charge on any atom is 0.276 e. The standard InChI is InChI=1S/C18H17FN2O4/c1-12(13-6-7-16-17(10-13)24-9-8-23-16)20-21-18(22)11-25-15-5-3-2-4-14(15)19/h2-7,10,20H,1,8-9,11H2,(H,21,22). The van der Waals surface area contributed by atoms with Crippen LogP contribution in [0.2, 0.25) is 0 Å². The molecular formula is C18H17FN2O4. The van der Waals surface area contributed by atoms with Crippen molar-refractivity contribution >= 4 is 11.6 Å². The summed E-state index contributed by atoms with van der Waals surface area (Å²) in [5.74, 6) is 0.320. The quantitative estimate of drug-likeness (QED) is 0.787. The Morgan fingerprint density at radius 2 is 1.88 bits per heavy atom. The van der Waals surface area contributed by atoms with Gasteiger partial charge in [-0.3, -0.25) is 15.6 Å². The zero-order valence-electron chi connectivity index (χ0n) is 13.4. The predicted molar refractivity (Wildman–Crippen MR) is 89.6 cm³/mol. The second-order valence-corrected chi connectivity index (χ2v) is 5.23. The van der Waals surface area contributed by atoms with Gasteiger partial charge in [-0.2, -0.15) is 0 Å². The average Bonchev–Trinajstić information content (AvgIpc) is 2.65. The molecule has 0 atom stereocenters. The van der Waals surface area contributed by atoms with Crippen molar-refractivity contribution in [3.8, 4) is 17.2 Å². The minimum Gasteiger partial charge on any atom is -0.486 e. The summed E-state index contributed by atoms with van der Waals surface area (Å²) in [5, 5.41) is 0. The van der Waals surface area contributed by atoms with Gasteiger partial charge < -0.3 is 14.2 Å². The van der Waals surface area contributed by atoms with Crippen LogP contribution in [0.1, 0.15) is 5.56 Å². The average molecular weight is 344 g/mol. The van der Waals surface area contributed by atoms with Crippen LogP contribution in [-0.2, 0) is 4.79 Å². The Labute approximate surface area is 144 Å². The van der Waals surface area contributed by atoms with Crippen LogP contribution in [0.5, 0.6) is 17.2 Å². The van der Waals surface area contributed by atoms with Crippen LogP contribution in [0.3, 0.4) is 0 Å². The molecule has 0 unspecified atom stereocenters. The molecule has 2 N–H and O–H groups in total. The SMILES string of the molecule is C=C(NNC(=O)COc1ccccc1F)c1ccc2c(c1)OCCO2. The molecule has 0 spiro atoms. The maximum absolute atomic E-state index is 13.4. The van der Waals surface area contributed by atoms with Gasteiger partial charge in [0.25, 0.3) is 5.91 Å². The Kier molecular flexibility index (Phi) is 5.03. The van der Waals surface area contributed by atoms with Crippen LogP contribution in [0, 0.1) is 5.82 Å². The first-order valence-electron chi connectivity index (χ1n) is 7.64. The van der Waals surface area contributed by atoms with Gasteiger partial charge in [0.05, 0.1) is 5.70 Å². The number of nitrogens with one attached hydrogen (secondary N) is 2. The van der Waals surface area contributed by atoms with E-state index in [0.29, 0.717) is 30.4 Å². The number of carbonyl (C=O) groups excluding carboxylic acids is 1. The summed E-state index contributed by atoms with van der Waals surface area (Å²) in [5.41, 5.74) is 6.34. The van der Waals surface area contributed by atoms with Crippen LogP contribution in [-0.4, -0.2) is 25.7 Å². The third-order valence-electron chi connectivity index (χ3n) is 3.44. The van der Waals surface area contributed by atoms with Crippen LogP contribution in [0.25, 0.3) is 5.70 Å². The van der Waals surface area contributed by atoms with Crippen molar-refractivity contribution in [2.75, 3.05) is 19.8 Å². The molecule has 1 amide bonds. The number of benzene rings is 2. The minimum atomic E-state index is -0.524. The summed E-state index contributed by atoms with van der Waals surface area (Å²) in [7, 11) is 0. The summed E-state index contributed by atoms with van der Waals surface area (Å²) in [6.07, 6.45) is 0. The molecule has 1 aliphatic heterocycles. The Bertz CT molecular complexity index is 794. The molecule has 25 heavy (non-hydrogen) atoms. The van der Waals surface area contributed by atoms with E-state index in [1.165, 1.54) is 12.1 Å². The van der Waals surface area contributed by atoms with E-state index in [1.54, 1.807) is 30.3 Å². The predicted octanol–water partition coefficient (Wildman–Crippen LogP) is 2.27. The lowest BCUT2D eigenvalue weighted by molar-refractivity contribution is -0.123. The number of halogens is 1. The summed E-state index contributed by atoms with van der Waals surface area (Å²) < 4.78 is 29.5. The van der Waals surface area contributed by atoms with Crippen LogP contribution >= 0.6 is 0 Å². The lowest BCUT2D eigenvalue weighted by Crippen LogP contribution is -2.39. The summed E-state index contributed by atoms with van der Waals surface area (Å²) in [6.45, 7) is 4.53. The van der Waals surface area contributed by atoms with E-state index in [0.717, 1.165) is 5.56 Å². The van der Waals surface area contributed by atoms with Crippen molar-refractivity contribution in [1.82, 2.24) is 10.9 Å². The first kappa shape index (κ1) is 16.6. The van der Waals surface area contributed by atoms with Gasteiger partial charge in [-0.25, -0.2) is 4.39 Å². The highest BCUT2D eigenvalue weighted by atomic mass is 19.1. The molecule has 0 aliphatic carbocycles. The van der Waals surface area contributed by atoms with Gasteiger partial charge in [-0.05, 0) is 30.3 Å². The number of hydrogen-bond donors (Lipinski definition) is 2. The van der Waals surface area contributed by atoms with E-state index < -0.39 is 11.7 Å². The summed E-state index contributed by atoms with van der Waals surface area (Å²) in [6, 6.07) is 11.2. The van der Waals surface area contributed by atoms with Crippen molar-refractivity contribution in [3.63, 3.8) is 0 Å². The number of rotatable bonds is 6. The Balaban J connectivity index is 1.50. The smallest absolute Gasteiger partial charge is 0.276 e. The number of hydrazine groups is 1. The van der Waals surface area contributed by atoms with Gasteiger partial charge >= 0.3 is 0 Å². The number of carbonyl (C=O) groups is 1. The first-order valence-corrected chi connectivity index (χ1v) is 7.64. The zero-order chi connectivity index (χ0) is 17.6. The third kappa shape index (κ3) is 4.20. The summed E-state index contributed by atoms with van der Waals surface area (Å²) in [4.78, 5) is 11.8. The first-order chi connectivity index (χ1) is 12.1. The number of amides is 1. The van der Waals surface area contributed by atoms with E-state index in [2.05, 4.69) is 17.4 Å². The van der Waals surface area contributed by atoms with Gasteiger partial charge in [0.1, 0.15) is 13.2 Å². The highest BCUT2D eigenvalue weighted by Crippen LogP contribution is 2.32. The molecule has 0 radical (unpaired) electrons. The molecule has 6 nitrogen and oxygen atoms in total. The van der Waals surface area contributed by atoms with E-state index in [9.17, 15) is 9.18 Å². The van der Waals surface area contributed by atoms with Crippen LogP contribution < -0.4 is 25.1 Å². The molecule has 0 fully saturated rings. The molecule has 7 heteroatoms. The van der Waals surface area contributed by atoms with Crippen molar-refractivity contribution < 1.29 is 23.4 Å². The van der Waals surface area contributed by atoms with E-state index in [-0.39, 0.29) is 12.4 Å². The van der Waals surface area contributed by atoms with E-state index in [1.807, 2.05) is 0 Å². The molecule has 0 saturated carbocycles. The molecule has 0 bridgehead atoms. The maximum atomic E-state index is 13.4. The highest BCUT2D eigenvalue weighted by molar-refractivity contribution is 5.78. The molecule has 1 aliphatic rings. The number of fused-ring (bicyclic) bond motifs is 1.